The van der Waals surface area contributed by atoms with Crippen LogP contribution in [0.4, 0.5) is 22.7 Å². The lowest BCUT2D eigenvalue weighted by atomic mass is 10.1. The summed E-state index contributed by atoms with van der Waals surface area (Å²) in [6.07, 6.45) is 1.29. The number of nitrogens with one attached hydrogen (secondary N) is 1. The van der Waals surface area contributed by atoms with Gasteiger partial charge >= 0.3 is 5.97 Å². The van der Waals surface area contributed by atoms with Crippen LogP contribution in [0.3, 0.4) is 0 Å². The van der Waals surface area contributed by atoms with Crippen LogP contribution < -0.4 is 11.1 Å². The topological polar surface area (TPSA) is 151 Å². The predicted octanol–water partition coefficient (Wildman–Crippen LogP) is 5.38. The van der Waals surface area contributed by atoms with Gasteiger partial charge in [0, 0.05) is 51.5 Å². The summed E-state index contributed by atoms with van der Waals surface area (Å²) >= 11 is 0. The van der Waals surface area contributed by atoms with E-state index < -0.39 is 15.8 Å². The molecule has 0 radical (unpaired) electrons. The fraction of sp³-hybridized carbons (Fsp3) is 0.250. The maximum atomic E-state index is 11.7. The number of carbonyl (C=O) groups is 1. The molecule has 0 atom stereocenters. The highest BCUT2D eigenvalue weighted by atomic mass is 33.1. The summed E-state index contributed by atoms with van der Waals surface area (Å²) in [6, 6.07) is 5.56. The highest BCUT2D eigenvalue weighted by molar-refractivity contribution is 8.76. The second-order valence-electron chi connectivity index (χ2n) is 6.70. The Morgan fingerprint density at radius 3 is 2.16 bits per heavy atom. The van der Waals surface area contributed by atoms with Crippen LogP contribution in [0.25, 0.3) is 0 Å². The zero-order chi connectivity index (χ0) is 24.0. The molecule has 0 saturated carbocycles. The summed E-state index contributed by atoms with van der Waals surface area (Å²) < 4.78 is 4.90. The lowest BCUT2D eigenvalue weighted by molar-refractivity contribution is -0.385. The van der Waals surface area contributed by atoms with Crippen LogP contribution in [0, 0.1) is 34.1 Å². The average Bonchev–Trinajstić information content (AvgIpc) is 2.70. The van der Waals surface area contributed by atoms with Crippen LogP contribution in [-0.2, 0) is 9.53 Å². The second-order valence-corrected chi connectivity index (χ2v) is 8.91. The Hall–Kier alpha value is -3.25. The Morgan fingerprint density at radius 1 is 1.06 bits per heavy atom. The van der Waals surface area contributed by atoms with Gasteiger partial charge in [0.1, 0.15) is 0 Å². The number of hydrogen-bond donors (Lipinski definition) is 2. The van der Waals surface area contributed by atoms with E-state index in [0.717, 1.165) is 21.6 Å². The summed E-state index contributed by atoms with van der Waals surface area (Å²) in [5, 5.41) is 25.6. The van der Waals surface area contributed by atoms with Crippen LogP contribution in [0.15, 0.2) is 45.8 Å². The molecule has 0 unspecified atom stereocenters. The molecular formula is C20H22N4O6S2. The third-order valence-corrected chi connectivity index (χ3v) is 6.63. The van der Waals surface area contributed by atoms with Crippen molar-refractivity contribution in [1.82, 2.24) is 0 Å². The summed E-state index contributed by atoms with van der Waals surface area (Å²) in [5.41, 5.74) is 8.47. The number of esters is 1. The maximum absolute atomic E-state index is 11.7. The highest BCUT2D eigenvalue weighted by Gasteiger charge is 2.18. The normalized spacial score (nSPS) is 11.2. The van der Waals surface area contributed by atoms with E-state index in [1.54, 1.807) is 27.7 Å². The Bertz CT molecular complexity index is 1100. The number of ether oxygens (including phenoxy) is 1. The molecule has 2 aromatic rings. The van der Waals surface area contributed by atoms with Gasteiger partial charge in [-0.1, -0.05) is 21.6 Å². The van der Waals surface area contributed by atoms with Crippen LogP contribution in [0.2, 0.25) is 0 Å². The zero-order valence-corrected chi connectivity index (χ0v) is 19.5. The smallest absolute Gasteiger partial charge is 0.332 e. The molecule has 0 aliphatic carbocycles. The van der Waals surface area contributed by atoms with E-state index in [-0.39, 0.29) is 18.0 Å². The van der Waals surface area contributed by atoms with E-state index >= 15 is 0 Å². The number of nitro benzene ring substituents is 2. The van der Waals surface area contributed by atoms with Gasteiger partial charge in [-0.05, 0) is 38.8 Å². The van der Waals surface area contributed by atoms with Gasteiger partial charge in [-0.15, -0.1) is 0 Å². The lowest BCUT2D eigenvalue weighted by Crippen LogP contribution is -2.06. The number of allylic oxidation sites excluding steroid dienone is 1. The lowest BCUT2D eigenvalue weighted by Gasteiger charge is -2.15. The van der Waals surface area contributed by atoms with E-state index in [9.17, 15) is 25.0 Å². The van der Waals surface area contributed by atoms with Crippen molar-refractivity contribution < 1.29 is 19.4 Å². The molecule has 2 aromatic carbocycles. The molecule has 2 rings (SSSR count). The van der Waals surface area contributed by atoms with Gasteiger partial charge in [-0.3, -0.25) is 20.2 Å². The molecule has 10 nitrogen and oxygen atoms in total. The molecular weight excluding hydrogens is 456 g/mol. The number of nitrogens with two attached hydrogens (primary N) is 1. The number of aryl methyl sites for hydroxylation is 2. The van der Waals surface area contributed by atoms with Gasteiger partial charge in [0.05, 0.1) is 22.1 Å². The number of nitro groups is 2. The third-order valence-electron chi connectivity index (χ3n) is 4.20. The van der Waals surface area contributed by atoms with E-state index in [1.807, 2.05) is 0 Å². The molecule has 0 aromatic heterocycles. The molecule has 0 saturated heterocycles. The SMILES string of the molecule is CCOC(=O)/C=C(\C)Nc1c(C)cc([N+](=O)[O-])cc1SSc1cc([N+](=O)[O-])cc(C)c1N. The standard InChI is InChI=1S/C20H22N4O6S2/c1-5-30-18(25)8-13(4)22-20-12(3)7-15(24(28)29)10-17(20)32-31-16-9-14(23(26)27)6-11(2)19(16)21/h6-10,22H,5,21H2,1-4H3/b13-8+. The largest absolute Gasteiger partial charge is 0.463 e. The number of rotatable bonds is 9. The Labute approximate surface area is 192 Å². The number of nitrogens with zero attached hydrogens (tertiary/aromatic N) is 2. The van der Waals surface area contributed by atoms with Gasteiger partial charge in [-0.2, -0.15) is 0 Å². The van der Waals surface area contributed by atoms with Crippen molar-refractivity contribution >= 4 is 50.3 Å². The highest BCUT2D eigenvalue weighted by Crippen LogP contribution is 2.46. The van der Waals surface area contributed by atoms with Crippen molar-refractivity contribution in [3.8, 4) is 0 Å². The molecule has 32 heavy (non-hydrogen) atoms. The Balaban J connectivity index is 2.42. The van der Waals surface area contributed by atoms with Crippen molar-refractivity contribution in [1.29, 1.82) is 0 Å². The maximum Gasteiger partial charge on any atom is 0.332 e. The summed E-state index contributed by atoms with van der Waals surface area (Å²) in [5.74, 6) is -0.513. The first kappa shape index (κ1) is 25.0. The number of anilines is 2. The molecule has 0 heterocycles. The van der Waals surface area contributed by atoms with Crippen LogP contribution in [-0.4, -0.2) is 22.4 Å². The molecule has 0 aliphatic rings. The number of non-ortho nitro benzene ring substituents is 2. The van der Waals surface area contributed by atoms with E-state index in [4.69, 9.17) is 10.5 Å². The van der Waals surface area contributed by atoms with E-state index in [2.05, 4.69) is 5.32 Å². The molecule has 0 aliphatic heterocycles. The first-order chi connectivity index (χ1) is 15.0. The fourth-order valence-electron chi connectivity index (χ4n) is 2.67. The number of nitrogen functional groups attached to an aromatic ring is 1. The molecule has 0 spiro atoms. The molecule has 0 fully saturated rings. The molecule has 12 heteroatoms. The quantitative estimate of drug-likeness (QED) is 0.120. The number of hydrogen-bond acceptors (Lipinski definition) is 10. The first-order valence-electron chi connectivity index (χ1n) is 9.33. The zero-order valence-electron chi connectivity index (χ0n) is 17.8. The van der Waals surface area contributed by atoms with E-state index in [0.29, 0.717) is 38.0 Å². The van der Waals surface area contributed by atoms with Crippen molar-refractivity contribution in [3.63, 3.8) is 0 Å². The second kappa shape index (κ2) is 10.9. The predicted molar refractivity (Wildman–Crippen MR) is 126 cm³/mol. The minimum Gasteiger partial charge on any atom is -0.463 e. The number of carbonyl (C=O) groups excluding carboxylic acids is 1. The first-order valence-corrected chi connectivity index (χ1v) is 11.5. The monoisotopic (exact) mass is 478 g/mol. The van der Waals surface area contributed by atoms with Crippen molar-refractivity contribution in [2.24, 2.45) is 0 Å². The van der Waals surface area contributed by atoms with Gasteiger partial charge in [0.2, 0.25) is 0 Å². The minimum absolute atomic E-state index is 0.0958. The number of benzene rings is 2. The van der Waals surface area contributed by atoms with Gasteiger partial charge in [0.15, 0.2) is 0 Å². The summed E-state index contributed by atoms with van der Waals surface area (Å²) in [6.45, 7) is 6.98. The molecule has 0 bridgehead atoms. The van der Waals surface area contributed by atoms with Gasteiger partial charge in [-0.25, -0.2) is 4.79 Å². The van der Waals surface area contributed by atoms with Crippen molar-refractivity contribution in [2.45, 2.75) is 37.5 Å². The van der Waals surface area contributed by atoms with Crippen LogP contribution >= 0.6 is 21.6 Å². The Morgan fingerprint density at radius 2 is 1.59 bits per heavy atom. The fourth-order valence-corrected chi connectivity index (χ4v) is 5.08. The van der Waals surface area contributed by atoms with Crippen LogP contribution in [0.1, 0.15) is 25.0 Å². The average molecular weight is 479 g/mol. The van der Waals surface area contributed by atoms with Crippen LogP contribution in [0.5, 0.6) is 0 Å². The van der Waals surface area contributed by atoms with Gasteiger partial charge < -0.3 is 15.8 Å². The summed E-state index contributed by atoms with van der Waals surface area (Å²) in [7, 11) is 2.32. The van der Waals surface area contributed by atoms with Crippen molar-refractivity contribution in [2.75, 3.05) is 17.7 Å². The summed E-state index contributed by atoms with van der Waals surface area (Å²) in [4.78, 5) is 34.2. The Kier molecular flexibility index (Phi) is 8.49. The van der Waals surface area contributed by atoms with E-state index in [1.165, 1.54) is 30.3 Å². The molecule has 170 valence electrons. The van der Waals surface area contributed by atoms with Crippen molar-refractivity contribution in [3.05, 3.63) is 67.4 Å². The minimum atomic E-state index is -0.513. The molecule has 0 amide bonds. The molecule has 3 N–H and O–H groups in total. The third kappa shape index (κ3) is 6.37. The van der Waals surface area contributed by atoms with Gasteiger partial charge in [0.25, 0.3) is 11.4 Å².